The summed E-state index contributed by atoms with van der Waals surface area (Å²) in [6.07, 6.45) is -2.54. The summed E-state index contributed by atoms with van der Waals surface area (Å²) in [6.45, 7) is 0. The molecule has 0 radical (unpaired) electrons. The Morgan fingerprint density at radius 1 is 1.16 bits per heavy atom. The molecule has 0 unspecified atom stereocenters. The van der Waals surface area contributed by atoms with Gasteiger partial charge in [-0.25, -0.2) is 4.79 Å². The highest BCUT2D eigenvalue weighted by Gasteiger charge is 2.33. The molecule has 3 rings (SSSR count). The second-order valence-corrected chi connectivity index (χ2v) is 6.95. The van der Waals surface area contributed by atoms with E-state index in [4.69, 9.17) is 0 Å². The van der Waals surface area contributed by atoms with Crippen LogP contribution in [0.5, 0.6) is 5.75 Å². The molecule has 3 N–H and O–H groups in total. The lowest BCUT2D eigenvalue weighted by Gasteiger charge is -2.15. The maximum absolute atomic E-state index is 12.9. The van der Waals surface area contributed by atoms with Crippen LogP contribution in [0.3, 0.4) is 0 Å². The summed E-state index contributed by atoms with van der Waals surface area (Å²) in [5.74, 6) is 0.218. The standard InChI is InChI=1S/C17H14F3IN2O2/c18-17(19,20)12-8-10(6-7-13(12)21)22-16(25)23-15-11(9-4-5-9)2-1-3-14(15)24/h1-3,6-9,24H,4-5H2,(H2,22,23,25). The van der Waals surface area contributed by atoms with Crippen LogP contribution in [0.4, 0.5) is 29.3 Å². The Labute approximate surface area is 155 Å². The summed E-state index contributed by atoms with van der Waals surface area (Å²) in [5.41, 5.74) is 0.332. The van der Waals surface area contributed by atoms with Gasteiger partial charge < -0.3 is 15.7 Å². The fourth-order valence-corrected chi connectivity index (χ4v) is 3.17. The normalized spacial score (nSPS) is 14.2. The average Bonchev–Trinajstić information content (AvgIpc) is 3.35. The molecule has 4 nitrogen and oxygen atoms in total. The van der Waals surface area contributed by atoms with E-state index < -0.39 is 17.8 Å². The van der Waals surface area contributed by atoms with Crippen LogP contribution in [0.2, 0.25) is 0 Å². The van der Waals surface area contributed by atoms with E-state index >= 15 is 0 Å². The monoisotopic (exact) mass is 462 g/mol. The molecule has 1 saturated carbocycles. The van der Waals surface area contributed by atoms with Crippen LogP contribution >= 0.6 is 22.6 Å². The molecule has 2 amide bonds. The van der Waals surface area contributed by atoms with Crippen LogP contribution < -0.4 is 10.6 Å². The van der Waals surface area contributed by atoms with E-state index in [1.54, 1.807) is 28.7 Å². The quantitative estimate of drug-likeness (QED) is 0.415. The van der Waals surface area contributed by atoms with Crippen LogP contribution in [-0.2, 0) is 6.18 Å². The number of halogens is 4. The van der Waals surface area contributed by atoms with E-state index in [2.05, 4.69) is 10.6 Å². The van der Waals surface area contributed by atoms with Gasteiger partial charge in [-0.05, 0) is 71.2 Å². The lowest BCUT2D eigenvalue weighted by Crippen LogP contribution is -2.21. The highest BCUT2D eigenvalue weighted by atomic mass is 127. The number of para-hydroxylation sites is 1. The molecule has 1 aliphatic rings. The molecular formula is C17H14F3IN2O2. The third-order valence-electron chi connectivity index (χ3n) is 3.86. The Morgan fingerprint density at radius 2 is 1.88 bits per heavy atom. The van der Waals surface area contributed by atoms with Gasteiger partial charge in [0.2, 0.25) is 0 Å². The van der Waals surface area contributed by atoms with E-state index in [-0.39, 0.29) is 20.9 Å². The lowest BCUT2D eigenvalue weighted by atomic mass is 10.1. The number of aromatic hydroxyl groups is 1. The molecule has 25 heavy (non-hydrogen) atoms. The number of anilines is 2. The Kier molecular flexibility index (Phi) is 4.81. The number of nitrogens with one attached hydrogen (secondary N) is 2. The van der Waals surface area contributed by atoms with E-state index in [1.807, 2.05) is 6.07 Å². The fraction of sp³-hybridized carbons (Fsp3) is 0.235. The maximum atomic E-state index is 12.9. The predicted octanol–water partition coefficient (Wildman–Crippen LogP) is 5.54. The van der Waals surface area contributed by atoms with Gasteiger partial charge in [-0.1, -0.05) is 12.1 Å². The second-order valence-electron chi connectivity index (χ2n) is 5.79. The first-order chi connectivity index (χ1) is 11.8. The molecule has 0 atom stereocenters. The number of rotatable bonds is 3. The van der Waals surface area contributed by atoms with Crippen molar-refractivity contribution in [2.45, 2.75) is 24.9 Å². The maximum Gasteiger partial charge on any atom is 0.417 e. The van der Waals surface area contributed by atoms with E-state index in [1.165, 1.54) is 18.2 Å². The molecule has 2 aromatic carbocycles. The minimum atomic E-state index is -4.50. The van der Waals surface area contributed by atoms with Crippen LogP contribution in [0.15, 0.2) is 36.4 Å². The van der Waals surface area contributed by atoms with Gasteiger partial charge in [0.1, 0.15) is 5.75 Å². The molecule has 0 aromatic heterocycles. The number of hydrogen-bond donors (Lipinski definition) is 3. The molecule has 0 saturated heterocycles. The first kappa shape index (κ1) is 17.8. The molecule has 0 bridgehead atoms. The number of hydrogen-bond acceptors (Lipinski definition) is 2. The number of alkyl halides is 3. The fourth-order valence-electron chi connectivity index (χ4n) is 2.52. The van der Waals surface area contributed by atoms with Gasteiger partial charge in [-0.2, -0.15) is 13.2 Å². The first-order valence-corrected chi connectivity index (χ1v) is 8.60. The van der Waals surface area contributed by atoms with Crippen molar-refractivity contribution in [1.29, 1.82) is 0 Å². The van der Waals surface area contributed by atoms with E-state index in [0.717, 1.165) is 24.5 Å². The Balaban J connectivity index is 1.78. The number of benzene rings is 2. The number of urea groups is 1. The number of amides is 2. The van der Waals surface area contributed by atoms with Crippen LogP contribution in [0, 0.1) is 3.57 Å². The predicted molar refractivity (Wildman–Crippen MR) is 96.9 cm³/mol. The van der Waals surface area contributed by atoms with Gasteiger partial charge in [-0.3, -0.25) is 0 Å². The third kappa shape index (κ3) is 4.17. The molecule has 1 fully saturated rings. The van der Waals surface area contributed by atoms with Gasteiger partial charge >= 0.3 is 12.2 Å². The second kappa shape index (κ2) is 6.74. The van der Waals surface area contributed by atoms with Gasteiger partial charge in [0, 0.05) is 9.26 Å². The summed E-state index contributed by atoms with van der Waals surface area (Å²) < 4.78 is 38.9. The summed E-state index contributed by atoms with van der Waals surface area (Å²) in [6, 6.07) is 7.82. The number of carbonyl (C=O) groups excluding carboxylic acids is 1. The smallest absolute Gasteiger partial charge is 0.417 e. The molecule has 0 spiro atoms. The van der Waals surface area contributed by atoms with Crippen molar-refractivity contribution in [3.63, 3.8) is 0 Å². The van der Waals surface area contributed by atoms with Crippen molar-refractivity contribution in [3.05, 3.63) is 51.1 Å². The molecule has 0 aliphatic heterocycles. The zero-order valence-electron chi connectivity index (χ0n) is 12.8. The van der Waals surface area contributed by atoms with Crippen molar-refractivity contribution >= 4 is 40.0 Å². The Hall–Kier alpha value is -1.97. The van der Waals surface area contributed by atoms with Gasteiger partial charge in [-0.15, -0.1) is 0 Å². The van der Waals surface area contributed by atoms with E-state index in [0.29, 0.717) is 5.69 Å². The zero-order valence-corrected chi connectivity index (χ0v) is 15.0. The number of phenolic OH excluding ortho intramolecular Hbond substituents is 1. The summed E-state index contributed by atoms with van der Waals surface area (Å²) in [4.78, 5) is 12.2. The van der Waals surface area contributed by atoms with Crippen molar-refractivity contribution in [2.75, 3.05) is 10.6 Å². The van der Waals surface area contributed by atoms with Crippen molar-refractivity contribution in [3.8, 4) is 5.75 Å². The van der Waals surface area contributed by atoms with Crippen LogP contribution in [-0.4, -0.2) is 11.1 Å². The molecule has 132 valence electrons. The molecule has 8 heteroatoms. The number of phenols is 1. The minimum Gasteiger partial charge on any atom is -0.506 e. The van der Waals surface area contributed by atoms with Crippen LogP contribution in [0.25, 0.3) is 0 Å². The van der Waals surface area contributed by atoms with Gasteiger partial charge in [0.25, 0.3) is 0 Å². The molecule has 0 heterocycles. The van der Waals surface area contributed by atoms with Crippen LogP contribution in [0.1, 0.15) is 29.9 Å². The summed E-state index contributed by atoms with van der Waals surface area (Å²) >= 11 is 1.60. The third-order valence-corrected chi connectivity index (χ3v) is 4.80. The van der Waals surface area contributed by atoms with Crippen molar-refractivity contribution in [1.82, 2.24) is 0 Å². The average molecular weight is 462 g/mol. The lowest BCUT2D eigenvalue weighted by molar-refractivity contribution is -0.138. The Morgan fingerprint density at radius 3 is 2.52 bits per heavy atom. The molecule has 1 aliphatic carbocycles. The highest BCUT2D eigenvalue weighted by molar-refractivity contribution is 14.1. The minimum absolute atomic E-state index is 0.0219. The summed E-state index contributed by atoms with van der Waals surface area (Å²) in [5, 5.41) is 14.9. The largest absolute Gasteiger partial charge is 0.506 e. The SMILES string of the molecule is O=C(Nc1ccc(I)c(C(F)(F)F)c1)Nc1c(O)cccc1C1CC1. The zero-order chi connectivity index (χ0) is 18.2. The van der Waals surface area contributed by atoms with Crippen molar-refractivity contribution in [2.24, 2.45) is 0 Å². The van der Waals surface area contributed by atoms with Gasteiger partial charge in [0.05, 0.1) is 11.3 Å². The molecular weight excluding hydrogens is 448 g/mol. The topological polar surface area (TPSA) is 61.4 Å². The van der Waals surface area contributed by atoms with E-state index in [9.17, 15) is 23.1 Å². The first-order valence-electron chi connectivity index (χ1n) is 7.52. The highest BCUT2D eigenvalue weighted by Crippen LogP contribution is 2.45. The molecule has 2 aromatic rings. The summed E-state index contributed by atoms with van der Waals surface area (Å²) in [7, 11) is 0. The van der Waals surface area contributed by atoms with Crippen molar-refractivity contribution < 1.29 is 23.1 Å². The van der Waals surface area contributed by atoms with Gasteiger partial charge in [0.15, 0.2) is 0 Å². The Bertz CT molecular complexity index is 820. The number of carbonyl (C=O) groups is 1.